The van der Waals surface area contributed by atoms with Crippen molar-refractivity contribution in [3.63, 3.8) is 0 Å². The summed E-state index contributed by atoms with van der Waals surface area (Å²) >= 11 is 0. The van der Waals surface area contributed by atoms with Crippen LogP contribution in [0.15, 0.2) is 60.7 Å². The van der Waals surface area contributed by atoms with Crippen molar-refractivity contribution in [1.29, 1.82) is 0 Å². The number of likely N-dealkylation sites (N-methyl/N-ethyl adjacent to an activating group) is 1. The van der Waals surface area contributed by atoms with E-state index in [9.17, 15) is 4.79 Å². The van der Waals surface area contributed by atoms with E-state index in [0.29, 0.717) is 13.2 Å². The van der Waals surface area contributed by atoms with Crippen LogP contribution in [-0.2, 0) is 16.0 Å². The van der Waals surface area contributed by atoms with Crippen LogP contribution in [0, 0.1) is 0 Å². The Morgan fingerprint density at radius 1 is 1.12 bits per heavy atom. The molecule has 3 rings (SSSR count). The van der Waals surface area contributed by atoms with Crippen molar-refractivity contribution in [3.05, 3.63) is 71.8 Å². The molecule has 2 atom stereocenters. The zero-order valence-electron chi connectivity index (χ0n) is 14.7. The zero-order valence-corrected chi connectivity index (χ0v) is 14.7. The fraction of sp³-hybridized carbons (Fsp3) is 0.381. The summed E-state index contributed by atoms with van der Waals surface area (Å²) in [6, 6.07) is 20.4. The molecular formula is C21H26N2O2. The molecule has 0 radical (unpaired) electrons. The summed E-state index contributed by atoms with van der Waals surface area (Å²) in [6.07, 6.45) is 1.43. The summed E-state index contributed by atoms with van der Waals surface area (Å²) < 4.78 is 5.84. The molecule has 1 aliphatic rings. The molecule has 1 heterocycles. The first-order valence-electron chi connectivity index (χ1n) is 8.94. The number of rotatable bonds is 6. The van der Waals surface area contributed by atoms with E-state index >= 15 is 0 Å². The number of carbonyl (C=O) groups excluding carboxylic acids is 1. The van der Waals surface area contributed by atoms with Crippen LogP contribution in [-0.4, -0.2) is 43.7 Å². The van der Waals surface area contributed by atoms with E-state index in [2.05, 4.69) is 41.5 Å². The summed E-state index contributed by atoms with van der Waals surface area (Å²) in [5.41, 5.74) is 2.42. The molecule has 25 heavy (non-hydrogen) atoms. The molecule has 0 saturated carbocycles. The van der Waals surface area contributed by atoms with E-state index in [1.807, 2.05) is 36.4 Å². The van der Waals surface area contributed by atoms with Gasteiger partial charge in [-0.1, -0.05) is 60.7 Å². The number of hydrogen-bond acceptors (Lipinski definition) is 3. The number of hydrogen-bond donors (Lipinski definition) is 1. The van der Waals surface area contributed by atoms with Gasteiger partial charge in [-0.3, -0.25) is 9.69 Å². The van der Waals surface area contributed by atoms with Crippen molar-refractivity contribution < 1.29 is 9.53 Å². The van der Waals surface area contributed by atoms with Gasteiger partial charge in [-0.25, -0.2) is 0 Å². The minimum Gasteiger partial charge on any atom is -0.365 e. The van der Waals surface area contributed by atoms with Crippen LogP contribution in [0.25, 0.3) is 0 Å². The van der Waals surface area contributed by atoms with Crippen LogP contribution in [0.2, 0.25) is 0 Å². The van der Waals surface area contributed by atoms with E-state index in [1.165, 1.54) is 5.56 Å². The number of benzene rings is 2. The molecule has 4 nitrogen and oxygen atoms in total. The van der Waals surface area contributed by atoms with Gasteiger partial charge in [0.1, 0.15) is 0 Å². The maximum absolute atomic E-state index is 12.7. The van der Waals surface area contributed by atoms with Crippen molar-refractivity contribution in [2.45, 2.75) is 25.0 Å². The number of aryl methyl sites for hydroxylation is 1. The Balaban J connectivity index is 1.56. The lowest BCUT2D eigenvalue weighted by molar-refractivity contribution is -0.144. The predicted octanol–water partition coefficient (Wildman–Crippen LogP) is 2.81. The molecule has 1 aliphatic heterocycles. The maximum Gasteiger partial charge on any atom is 0.251 e. The van der Waals surface area contributed by atoms with Crippen LogP contribution in [0.4, 0.5) is 0 Å². The van der Waals surface area contributed by atoms with Gasteiger partial charge in [-0.15, -0.1) is 0 Å². The van der Waals surface area contributed by atoms with E-state index in [4.69, 9.17) is 4.74 Å². The molecule has 1 fully saturated rings. The van der Waals surface area contributed by atoms with Crippen molar-refractivity contribution in [1.82, 2.24) is 10.2 Å². The Labute approximate surface area is 149 Å². The highest BCUT2D eigenvalue weighted by Gasteiger charge is 2.36. The third-order valence-corrected chi connectivity index (χ3v) is 4.69. The lowest BCUT2D eigenvalue weighted by Gasteiger charge is -2.38. The molecule has 1 N–H and O–H groups in total. The van der Waals surface area contributed by atoms with Crippen molar-refractivity contribution >= 4 is 5.91 Å². The lowest BCUT2D eigenvalue weighted by Crippen LogP contribution is -2.50. The average molecular weight is 338 g/mol. The van der Waals surface area contributed by atoms with Crippen LogP contribution in [0.1, 0.15) is 23.6 Å². The van der Waals surface area contributed by atoms with Gasteiger partial charge < -0.3 is 10.1 Å². The largest absolute Gasteiger partial charge is 0.365 e. The first-order valence-corrected chi connectivity index (χ1v) is 8.94. The molecule has 0 spiro atoms. The molecule has 2 aromatic rings. The summed E-state index contributed by atoms with van der Waals surface area (Å²) in [6.45, 7) is 2.08. The predicted molar refractivity (Wildman–Crippen MR) is 99.3 cm³/mol. The summed E-state index contributed by atoms with van der Waals surface area (Å²) in [5, 5.41) is 3.05. The Morgan fingerprint density at radius 3 is 2.52 bits per heavy atom. The summed E-state index contributed by atoms with van der Waals surface area (Å²) in [5.74, 6) is -0.0199. The molecule has 132 valence electrons. The Bertz CT molecular complexity index is 660. The minimum atomic E-state index is -0.460. The van der Waals surface area contributed by atoms with Crippen molar-refractivity contribution in [2.75, 3.05) is 26.7 Å². The van der Waals surface area contributed by atoms with E-state index in [0.717, 1.165) is 24.9 Å². The smallest absolute Gasteiger partial charge is 0.251 e. The zero-order chi connectivity index (χ0) is 17.5. The standard InChI is InChI=1S/C21H26N2O2/c1-23-15-16-25-20(19(23)18-12-6-3-7-13-18)21(24)22-14-8-11-17-9-4-2-5-10-17/h2-7,9-10,12-13,19-20H,8,11,14-16H2,1H3,(H,22,24)/t19-,20+/m0/s1. The maximum atomic E-state index is 12.7. The van der Waals surface area contributed by atoms with Gasteiger partial charge in [-0.05, 0) is 31.0 Å². The van der Waals surface area contributed by atoms with Crippen LogP contribution in [0.5, 0.6) is 0 Å². The Morgan fingerprint density at radius 2 is 1.80 bits per heavy atom. The van der Waals surface area contributed by atoms with Crippen LogP contribution < -0.4 is 5.32 Å². The first kappa shape index (κ1) is 17.6. The minimum absolute atomic E-state index is 0.0199. The fourth-order valence-electron chi connectivity index (χ4n) is 3.33. The van der Waals surface area contributed by atoms with Gasteiger partial charge in [-0.2, -0.15) is 0 Å². The fourth-order valence-corrected chi connectivity index (χ4v) is 3.33. The Hall–Kier alpha value is -2.17. The second-order valence-corrected chi connectivity index (χ2v) is 6.51. The topological polar surface area (TPSA) is 41.6 Å². The van der Waals surface area contributed by atoms with Gasteiger partial charge in [0.2, 0.25) is 0 Å². The van der Waals surface area contributed by atoms with Gasteiger partial charge in [0.15, 0.2) is 6.10 Å². The molecule has 0 aromatic heterocycles. The lowest BCUT2D eigenvalue weighted by atomic mass is 9.98. The first-order chi connectivity index (χ1) is 12.3. The van der Waals surface area contributed by atoms with E-state index < -0.39 is 6.10 Å². The van der Waals surface area contributed by atoms with Crippen molar-refractivity contribution in [2.24, 2.45) is 0 Å². The second-order valence-electron chi connectivity index (χ2n) is 6.51. The van der Waals surface area contributed by atoms with Gasteiger partial charge >= 0.3 is 0 Å². The number of carbonyl (C=O) groups is 1. The number of nitrogens with zero attached hydrogens (tertiary/aromatic N) is 1. The third kappa shape index (κ3) is 4.68. The SMILES string of the molecule is CN1CCO[C@@H](C(=O)NCCCc2ccccc2)[C@@H]1c1ccccc1. The third-order valence-electron chi connectivity index (χ3n) is 4.69. The van der Waals surface area contributed by atoms with Crippen LogP contribution >= 0.6 is 0 Å². The molecule has 0 aliphatic carbocycles. The van der Waals surface area contributed by atoms with E-state index in [1.54, 1.807) is 0 Å². The number of nitrogens with one attached hydrogen (secondary N) is 1. The van der Waals surface area contributed by atoms with E-state index in [-0.39, 0.29) is 11.9 Å². The highest BCUT2D eigenvalue weighted by atomic mass is 16.5. The number of morpholine rings is 1. The average Bonchev–Trinajstić information content (AvgIpc) is 2.66. The van der Waals surface area contributed by atoms with Gasteiger partial charge in [0.05, 0.1) is 12.6 Å². The van der Waals surface area contributed by atoms with Crippen LogP contribution in [0.3, 0.4) is 0 Å². The number of amides is 1. The molecule has 0 unspecified atom stereocenters. The second kappa shape index (κ2) is 8.79. The number of ether oxygens (including phenoxy) is 1. The summed E-state index contributed by atoms with van der Waals surface area (Å²) in [4.78, 5) is 14.9. The van der Waals surface area contributed by atoms with Gasteiger partial charge in [0.25, 0.3) is 5.91 Å². The molecule has 1 amide bonds. The monoisotopic (exact) mass is 338 g/mol. The normalized spacial score (nSPS) is 21.0. The summed E-state index contributed by atoms with van der Waals surface area (Å²) in [7, 11) is 2.05. The molecule has 2 aromatic carbocycles. The Kier molecular flexibility index (Phi) is 6.20. The quantitative estimate of drug-likeness (QED) is 0.824. The highest BCUT2D eigenvalue weighted by molar-refractivity contribution is 5.82. The van der Waals surface area contributed by atoms with Gasteiger partial charge in [0, 0.05) is 13.1 Å². The molecular weight excluding hydrogens is 312 g/mol. The molecule has 1 saturated heterocycles. The van der Waals surface area contributed by atoms with Crippen molar-refractivity contribution in [3.8, 4) is 0 Å². The molecule has 0 bridgehead atoms. The highest BCUT2D eigenvalue weighted by Crippen LogP contribution is 2.28. The molecule has 4 heteroatoms.